The minimum absolute atomic E-state index is 0.658. The average molecular weight is 235 g/mol. The molecule has 0 N–H and O–H groups in total. The van der Waals surface area contributed by atoms with E-state index in [1.165, 1.54) is 8.84 Å². The summed E-state index contributed by atoms with van der Waals surface area (Å²) in [7, 11) is 0. The SMILES string of the molecule is c1csc(Sc2ccc3nnnn3n2)c1. The molecule has 7 heteroatoms. The van der Waals surface area contributed by atoms with Gasteiger partial charge in [0, 0.05) is 0 Å². The number of aromatic nitrogens is 5. The van der Waals surface area contributed by atoms with Gasteiger partial charge in [-0.15, -0.1) is 26.2 Å². The van der Waals surface area contributed by atoms with Gasteiger partial charge in [0.05, 0.1) is 4.21 Å². The minimum atomic E-state index is 0.658. The van der Waals surface area contributed by atoms with Gasteiger partial charge in [0.2, 0.25) is 0 Å². The van der Waals surface area contributed by atoms with Gasteiger partial charge in [-0.05, 0) is 34.0 Å². The van der Waals surface area contributed by atoms with Gasteiger partial charge in [-0.3, -0.25) is 0 Å². The summed E-state index contributed by atoms with van der Waals surface area (Å²) in [6.45, 7) is 0. The topological polar surface area (TPSA) is 56.0 Å². The van der Waals surface area contributed by atoms with E-state index in [2.05, 4.69) is 26.7 Å². The van der Waals surface area contributed by atoms with E-state index in [9.17, 15) is 0 Å². The van der Waals surface area contributed by atoms with E-state index in [0.717, 1.165) is 5.03 Å². The Hall–Kier alpha value is -1.47. The third-order valence-electron chi connectivity index (χ3n) is 1.75. The molecule has 0 aromatic carbocycles. The molecule has 0 atom stereocenters. The van der Waals surface area contributed by atoms with Gasteiger partial charge in [0.1, 0.15) is 5.03 Å². The van der Waals surface area contributed by atoms with Crippen LogP contribution in [0.3, 0.4) is 0 Å². The Balaban J connectivity index is 1.97. The van der Waals surface area contributed by atoms with Crippen LogP contribution in [0, 0.1) is 0 Å². The summed E-state index contributed by atoms with van der Waals surface area (Å²) in [5.41, 5.74) is 0.658. The number of fused-ring (bicyclic) bond motifs is 1. The molecule has 5 nitrogen and oxygen atoms in total. The normalized spacial score (nSPS) is 10.9. The highest BCUT2D eigenvalue weighted by atomic mass is 32.2. The predicted octanol–water partition coefficient (Wildman–Crippen LogP) is 1.73. The molecule has 3 aromatic heterocycles. The molecule has 0 amide bonds. The number of rotatable bonds is 2. The highest BCUT2D eigenvalue weighted by Crippen LogP contribution is 2.29. The summed E-state index contributed by atoms with van der Waals surface area (Å²) >= 11 is 3.29. The molecule has 0 unspecified atom stereocenters. The van der Waals surface area contributed by atoms with E-state index in [0.29, 0.717) is 5.65 Å². The zero-order chi connectivity index (χ0) is 10.1. The van der Waals surface area contributed by atoms with Gasteiger partial charge < -0.3 is 0 Å². The van der Waals surface area contributed by atoms with E-state index >= 15 is 0 Å². The second kappa shape index (κ2) is 3.59. The third kappa shape index (κ3) is 1.71. The van der Waals surface area contributed by atoms with Crippen molar-refractivity contribution in [1.29, 1.82) is 0 Å². The van der Waals surface area contributed by atoms with Gasteiger partial charge in [-0.1, -0.05) is 17.8 Å². The molecular weight excluding hydrogens is 230 g/mol. The molecule has 0 fully saturated rings. The van der Waals surface area contributed by atoms with Crippen molar-refractivity contribution in [3.63, 3.8) is 0 Å². The van der Waals surface area contributed by atoms with Crippen LogP contribution in [0.5, 0.6) is 0 Å². The number of hydrogen-bond acceptors (Lipinski definition) is 6. The van der Waals surface area contributed by atoms with Crippen LogP contribution in [-0.2, 0) is 0 Å². The van der Waals surface area contributed by atoms with Crippen LogP contribution in [0.4, 0.5) is 0 Å². The van der Waals surface area contributed by atoms with E-state index in [-0.39, 0.29) is 0 Å². The minimum Gasteiger partial charge on any atom is -0.140 e. The van der Waals surface area contributed by atoms with E-state index < -0.39 is 0 Å². The van der Waals surface area contributed by atoms with Crippen LogP contribution >= 0.6 is 23.1 Å². The van der Waals surface area contributed by atoms with Crippen LogP contribution in [0.1, 0.15) is 0 Å². The molecule has 0 aliphatic rings. The van der Waals surface area contributed by atoms with Gasteiger partial charge >= 0.3 is 0 Å². The van der Waals surface area contributed by atoms with Crippen molar-refractivity contribution in [1.82, 2.24) is 25.3 Å². The van der Waals surface area contributed by atoms with Crippen LogP contribution in [-0.4, -0.2) is 25.3 Å². The van der Waals surface area contributed by atoms with Gasteiger partial charge in [-0.25, -0.2) is 0 Å². The quantitative estimate of drug-likeness (QED) is 0.677. The van der Waals surface area contributed by atoms with Gasteiger partial charge in [-0.2, -0.15) is 0 Å². The van der Waals surface area contributed by atoms with Crippen molar-refractivity contribution in [2.75, 3.05) is 0 Å². The number of hydrogen-bond donors (Lipinski definition) is 0. The highest BCUT2D eigenvalue weighted by Gasteiger charge is 2.03. The predicted molar refractivity (Wildman–Crippen MR) is 57.0 cm³/mol. The first-order chi connectivity index (χ1) is 7.42. The zero-order valence-electron chi connectivity index (χ0n) is 7.44. The Morgan fingerprint density at radius 2 is 2.27 bits per heavy atom. The average Bonchev–Trinajstić information content (AvgIpc) is 2.87. The largest absolute Gasteiger partial charge is 0.200 e. The maximum atomic E-state index is 4.26. The fourth-order valence-corrected chi connectivity index (χ4v) is 2.78. The molecule has 0 bridgehead atoms. The van der Waals surface area contributed by atoms with Crippen molar-refractivity contribution in [3.05, 3.63) is 29.6 Å². The lowest BCUT2D eigenvalue weighted by atomic mass is 10.6. The van der Waals surface area contributed by atoms with Crippen LogP contribution in [0.15, 0.2) is 38.9 Å². The second-order valence-corrected chi connectivity index (χ2v) is 5.00. The van der Waals surface area contributed by atoms with Crippen molar-refractivity contribution < 1.29 is 0 Å². The van der Waals surface area contributed by atoms with Crippen molar-refractivity contribution in [2.24, 2.45) is 0 Å². The van der Waals surface area contributed by atoms with E-state index in [1.54, 1.807) is 23.1 Å². The maximum absolute atomic E-state index is 4.26. The Kier molecular flexibility index (Phi) is 2.11. The maximum Gasteiger partial charge on any atom is 0.200 e. The summed E-state index contributed by atoms with van der Waals surface area (Å²) in [6.07, 6.45) is 0. The fourth-order valence-electron chi connectivity index (χ4n) is 1.11. The molecule has 74 valence electrons. The molecule has 0 spiro atoms. The van der Waals surface area contributed by atoms with E-state index in [1.807, 2.05) is 23.6 Å². The standard InChI is InChI=1S/C8H5N5S2/c1-2-8(14-5-1)15-7-4-3-6-9-11-12-13(6)10-7/h1-5H. The summed E-state index contributed by atoms with van der Waals surface area (Å²) in [6, 6.07) is 7.84. The first kappa shape index (κ1) is 8.81. The first-order valence-corrected chi connectivity index (χ1v) is 5.88. The molecule has 15 heavy (non-hydrogen) atoms. The van der Waals surface area contributed by atoms with Crippen LogP contribution < -0.4 is 0 Å². The Morgan fingerprint density at radius 1 is 1.27 bits per heavy atom. The lowest BCUT2D eigenvalue weighted by Gasteiger charge is -1.96. The van der Waals surface area contributed by atoms with Crippen LogP contribution in [0.25, 0.3) is 5.65 Å². The van der Waals surface area contributed by atoms with E-state index in [4.69, 9.17) is 0 Å². The van der Waals surface area contributed by atoms with Crippen LogP contribution in [0.2, 0.25) is 0 Å². The lowest BCUT2D eigenvalue weighted by Crippen LogP contribution is -1.94. The summed E-state index contributed by atoms with van der Waals surface area (Å²) < 4.78 is 2.63. The molecule has 3 aromatic rings. The Bertz CT molecular complexity index is 574. The number of nitrogens with zero attached hydrogens (tertiary/aromatic N) is 5. The second-order valence-electron chi connectivity index (χ2n) is 2.73. The smallest absolute Gasteiger partial charge is 0.140 e. The summed E-state index contributed by atoms with van der Waals surface area (Å²) in [5, 5.41) is 18.3. The summed E-state index contributed by atoms with van der Waals surface area (Å²) in [4.78, 5) is 0. The van der Waals surface area contributed by atoms with Crippen molar-refractivity contribution in [3.8, 4) is 0 Å². The molecule has 0 saturated heterocycles. The molecule has 0 radical (unpaired) electrons. The van der Waals surface area contributed by atoms with Gasteiger partial charge in [0.25, 0.3) is 0 Å². The number of thiophene rings is 1. The summed E-state index contributed by atoms with van der Waals surface area (Å²) in [5.74, 6) is 0. The highest BCUT2D eigenvalue weighted by molar-refractivity contribution is 8.01. The molecule has 0 aliphatic heterocycles. The molecule has 3 rings (SSSR count). The monoisotopic (exact) mass is 235 g/mol. The molecule has 3 heterocycles. The lowest BCUT2D eigenvalue weighted by molar-refractivity contribution is 0.703. The molecular formula is C8H5N5S2. The Morgan fingerprint density at radius 3 is 3.13 bits per heavy atom. The first-order valence-electron chi connectivity index (χ1n) is 4.18. The Labute approximate surface area is 93.1 Å². The number of tetrazole rings is 1. The third-order valence-corrected chi connectivity index (χ3v) is 3.71. The molecule has 0 saturated carbocycles. The molecule has 0 aliphatic carbocycles. The zero-order valence-corrected chi connectivity index (χ0v) is 9.07. The van der Waals surface area contributed by atoms with Crippen molar-refractivity contribution in [2.45, 2.75) is 9.24 Å². The fraction of sp³-hybridized carbons (Fsp3) is 0. The van der Waals surface area contributed by atoms with Gasteiger partial charge in [0.15, 0.2) is 5.65 Å². The van der Waals surface area contributed by atoms with Crippen molar-refractivity contribution >= 4 is 28.7 Å².